The number of thioether (sulfide) groups is 1. The summed E-state index contributed by atoms with van der Waals surface area (Å²) >= 11 is 1.54. The highest BCUT2D eigenvalue weighted by Gasteiger charge is 2.39. The lowest BCUT2D eigenvalue weighted by Crippen LogP contribution is -2.25. The molecule has 1 rings (SSSR count). The predicted molar refractivity (Wildman–Crippen MR) is 119 cm³/mol. The van der Waals surface area contributed by atoms with E-state index in [-0.39, 0.29) is 30.0 Å². The number of rotatable bonds is 15. The molecule has 5 nitrogen and oxygen atoms in total. The summed E-state index contributed by atoms with van der Waals surface area (Å²) in [5.74, 6) is 0.759. The molecule has 0 radical (unpaired) electrons. The van der Waals surface area contributed by atoms with E-state index in [0.717, 1.165) is 44.3 Å². The van der Waals surface area contributed by atoms with Crippen molar-refractivity contribution < 1.29 is 24.5 Å². The first-order valence-electron chi connectivity index (χ1n) is 10.7. The molecule has 166 valence electrons. The number of aliphatic hydroxyl groups is 2. The van der Waals surface area contributed by atoms with Gasteiger partial charge in [0.25, 0.3) is 0 Å². The molecule has 1 unspecified atom stereocenters. The molecule has 6 heteroatoms. The van der Waals surface area contributed by atoms with Crippen molar-refractivity contribution in [2.75, 3.05) is 18.6 Å². The zero-order valence-electron chi connectivity index (χ0n) is 18.0. The van der Waals surface area contributed by atoms with Gasteiger partial charge < -0.3 is 14.9 Å². The van der Waals surface area contributed by atoms with Crippen LogP contribution in [-0.2, 0) is 14.3 Å². The van der Waals surface area contributed by atoms with Gasteiger partial charge in [-0.2, -0.15) is 11.8 Å². The Morgan fingerprint density at radius 1 is 1.34 bits per heavy atom. The summed E-state index contributed by atoms with van der Waals surface area (Å²) in [7, 11) is 1.38. The molecule has 1 aliphatic rings. The minimum absolute atomic E-state index is 0.122. The maximum Gasteiger partial charge on any atom is 0.315 e. The molecule has 2 N–H and O–H groups in total. The number of carbonyl (C=O) groups excluding carboxylic acids is 2. The van der Waals surface area contributed by atoms with E-state index in [9.17, 15) is 19.8 Å². The average Bonchev–Trinajstić information content (AvgIpc) is 2.97. The fraction of sp³-hybridized carbons (Fsp3) is 0.739. The second-order valence-corrected chi connectivity index (χ2v) is 9.05. The number of hydrogen-bond acceptors (Lipinski definition) is 6. The molecule has 0 aromatic heterocycles. The molecule has 4 atom stereocenters. The Morgan fingerprint density at radius 2 is 2.10 bits per heavy atom. The van der Waals surface area contributed by atoms with Gasteiger partial charge in [-0.3, -0.25) is 9.59 Å². The van der Waals surface area contributed by atoms with Gasteiger partial charge in [0.1, 0.15) is 5.78 Å². The van der Waals surface area contributed by atoms with E-state index in [1.807, 2.05) is 12.2 Å². The van der Waals surface area contributed by atoms with Crippen LogP contribution in [0.4, 0.5) is 0 Å². The third-order valence-corrected chi connectivity index (χ3v) is 6.67. The Kier molecular flexibility index (Phi) is 12.5. The SMILES string of the molecule is C=CC(O)(CC=C[C@H]1[C@H](O)CC(=O)[C@@H]1CCCCSCC(=O)OC)CCCCC. The van der Waals surface area contributed by atoms with Gasteiger partial charge in [-0.15, -0.1) is 6.58 Å². The molecule has 0 aliphatic heterocycles. The van der Waals surface area contributed by atoms with Gasteiger partial charge in [-0.05, 0) is 31.4 Å². The summed E-state index contributed by atoms with van der Waals surface area (Å²) in [5.41, 5.74) is -0.925. The van der Waals surface area contributed by atoms with Crippen molar-refractivity contribution in [3.63, 3.8) is 0 Å². The van der Waals surface area contributed by atoms with Crippen LogP contribution in [0.5, 0.6) is 0 Å². The monoisotopic (exact) mass is 426 g/mol. The van der Waals surface area contributed by atoms with Crippen LogP contribution >= 0.6 is 11.8 Å². The molecule has 0 amide bonds. The first-order chi connectivity index (χ1) is 13.9. The van der Waals surface area contributed by atoms with Crippen LogP contribution in [-0.4, -0.2) is 52.3 Å². The van der Waals surface area contributed by atoms with Gasteiger partial charge in [0.15, 0.2) is 0 Å². The lowest BCUT2D eigenvalue weighted by Gasteiger charge is -2.23. The smallest absolute Gasteiger partial charge is 0.315 e. The zero-order valence-corrected chi connectivity index (χ0v) is 18.8. The van der Waals surface area contributed by atoms with Crippen LogP contribution in [0.25, 0.3) is 0 Å². The van der Waals surface area contributed by atoms with Gasteiger partial charge >= 0.3 is 5.97 Å². The summed E-state index contributed by atoms with van der Waals surface area (Å²) < 4.78 is 4.61. The molecular formula is C23H38O5S. The van der Waals surface area contributed by atoms with Crippen molar-refractivity contribution in [1.82, 2.24) is 0 Å². The molecule has 0 saturated heterocycles. The first-order valence-corrected chi connectivity index (χ1v) is 11.9. The molecule has 0 aromatic carbocycles. The van der Waals surface area contributed by atoms with E-state index in [2.05, 4.69) is 18.2 Å². The summed E-state index contributed by atoms with van der Waals surface area (Å²) in [5, 5.41) is 21.0. The normalized spacial score (nSPS) is 24.0. The number of ether oxygens (including phenoxy) is 1. The van der Waals surface area contributed by atoms with Crippen molar-refractivity contribution in [2.45, 2.75) is 76.4 Å². The highest BCUT2D eigenvalue weighted by atomic mass is 32.2. The Bertz CT molecular complexity index is 547. The molecule has 1 aliphatic carbocycles. The molecule has 1 fully saturated rings. The quantitative estimate of drug-likeness (QED) is 0.233. The summed E-state index contributed by atoms with van der Waals surface area (Å²) in [6.45, 7) is 5.90. The van der Waals surface area contributed by atoms with Crippen LogP contribution in [0, 0.1) is 11.8 Å². The first kappa shape index (κ1) is 25.9. The van der Waals surface area contributed by atoms with Crippen molar-refractivity contribution in [3.05, 3.63) is 24.8 Å². The topological polar surface area (TPSA) is 83.8 Å². The maximum absolute atomic E-state index is 12.3. The Morgan fingerprint density at radius 3 is 2.76 bits per heavy atom. The number of Topliss-reactive ketones (excluding diaryl/α,β-unsaturated/α-hetero) is 1. The molecule has 0 heterocycles. The van der Waals surface area contributed by atoms with E-state index in [1.54, 1.807) is 6.08 Å². The molecule has 29 heavy (non-hydrogen) atoms. The second-order valence-electron chi connectivity index (χ2n) is 7.94. The van der Waals surface area contributed by atoms with Crippen molar-refractivity contribution in [2.24, 2.45) is 11.8 Å². The number of carbonyl (C=O) groups is 2. The van der Waals surface area contributed by atoms with Gasteiger partial charge in [-0.25, -0.2) is 0 Å². The van der Waals surface area contributed by atoms with Crippen LogP contribution in [0.2, 0.25) is 0 Å². The average molecular weight is 427 g/mol. The van der Waals surface area contributed by atoms with Crippen molar-refractivity contribution in [3.8, 4) is 0 Å². The van der Waals surface area contributed by atoms with E-state index in [1.165, 1.54) is 18.9 Å². The number of aliphatic hydroxyl groups excluding tert-OH is 1. The standard InChI is InChI=1S/C23H38O5S/c1-4-6-8-13-23(27,5-2)14-10-12-19-18(20(24)16-21(19)25)11-7-9-15-29-17-22(26)28-3/h5,10,12,18-19,21,25,27H,2,4,6-9,11,13-17H2,1,3H3/t18-,19-,21-,23?/m1/s1. The van der Waals surface area contributed by atoms with Crippen molar-refractivity contribution in [1.29, 1.82) is 0 Å². The zero-order chi connectivity index (χ0) is 21.7. The Hall–Kier alpha value is -1.11. The summed E-state index contributed by atoms with van der Waals surface area (Å²) in [6.07, 6.45) is 11.8. The minimum atomic E-state index is -0.925. The number of unbranched alkanes of at least 4 members (excludes halogenated alkanes) is 3. The maximum atomic E-state index is 12.3. The van der Waals surface area contributed by atoms with E-state index < -0.39 is 11.7 Å². The molecule has 0 bridgehead atoms. The van der Waals surface area contributed by atoms with E-state index in [0.29, 0.717) is 18.6 Å². The van der Waals surface area contributed by atoms with Crippen molar-refractivity contribution >= 4 is 23.5 Å². The largest absolute Gasteiger partial charge is 0.468 e. The highest BCUT2D eigenvalue weighted by molar-refractivity contribution is 7.99. The fourth-order valence-corrected chi connectivity index (χ4v) is 4.61. The summed E-state index contributed by atoms with van der Waals surface area (Å²) in [6, 6.07) is 0. The Balaban J connectivity index is 2.48. The van der Waals surface area contributed by atoms with E-state index >= 15 is 0 Å². The third-order valence-electron chi connectivity index (χ3n) is 5.66. The molecule has 0 aromatic rings. The van der Waals surface area contributed by atoms with Gasteiger partial charge in [-0.1, -0.05) is 50.8 Å². The lowest BCUT2D eigenvalue weighted by molar-refractivity contribution is -0.137. The van der Waals surface area contributed by atoms with Gasteiger partial charge in [0.05, 0.1) is 24.6 Å². The minimum Gasteiger partial charge on any atom is -0.468 e. The fourth-order valence-electron chi connectivity index (χ4n) is 3.77. The highest BCUT2D eigenvalue weighted by Crippen LogP contribution is 2.34. The van der Waals surface area contributed by atoms with Crippen LogP contribution in [0.15, 0.2) is 24.8 Å². The predicted octanol–water partition coefficient (Wildman–Crippen LogP) is 4.07. The number of ketones is 1. The second kappa shape index (κ2) is 14.0. The van der Waals surface area contributed by atoms with Crippen LogP contribution < -0.4 is 0 Å². The van der Waals surface area contributed by atoms with Gasteiger partial charge in [0, 0.05) is 18.3 Å². The molecule has 1 saturated carbocycles. The van der Waals surface area contributed by atoms with Crippen LogP contribution in [0.3, 0.4) is 0 Å². The van der Waals surface area contributed by atoms with Crippen LogP contribution in [0.1, 0.15) is 64.7 Å². The number of methoxy groups -OCH3 is 1. The number of esters is 1. The molecule has 0 spiro atoms. The third kappa shape index (κ3) is 9.49. The summed E-state index contributed by atoms with van der Waals surface area (Å²) in [4.78, 5) is 23.4. The van der Waals surface area contributed by atoms with Gasteiger partial charge in [0.2, 0.25) is 0 Å². The Labute approximate surface area is 180 Å². The lowest BCUT2D eigenvalue weighted by atomic mass is 9.87. The molecular weight excluding hydrogens is 388 g/mol. The number of hydrogen-bond donors (Lipinski definition) is 2. The van der Waals surface area contributed by atoms with E-state index in [4.69, 9.17) is 0 Å².